The SMILES string of the molecule is Cc1ccc(S(=O)(=O)NC2CNC2=O)cc1. The molecule has 1 aliphatic rings. The Hall–Kier alpha value is -1.40. The number of aryl methyl sites for hydroxylation is 1. The Bertz CT molecular complexity index is 507. The molecule has 0 aliphatic carbocycles. The van der Waals surface area contributed by atoms with Crippen molar-refractivity contribution in [2.24, 2.45) is 0 Å². The van der Waals surface area contributed by atoms with Gasteiger partial charge in [-0.3, -0.25) is 4.79 Å². The molecule has 0 aromatic heterocycles. The number of β-lactam (4-membered cyclic amide) rings is 1. The molecular weight excluding hydrogens is 228 g/mol. The molecule has 5 nitrogen and oxygen atoms in total. The molecule has 2 N–H and O–H groups in total. The van der Waals surface area contributed by atoms with Crippen molar-refractivity contribution in [3.8, 4) is 0 Å². The van der Waals surface area contributed by atoms with E-state index in [0.717, 1.165) is 5.56 Å². The highest BCUT2D eigenvalue weighted by molar-refractivity contribution is 7.89. The lowest BCUT2D eigenvalue weighted by Gasteiger charge is -2.26. The second-order valence-corrected chi connectivity index (χ2v) is 5.45. The minimum absolute atomic E-state index is 0.179. The van der Waals surface area contributed by atoms with Crippen LogP contribution in [-0.4, -0.2) is 26.9 Å². The van der Waals surface area contributed by atoms with E-state index in [1.54, 1.807) is 12.1 Å². The Morgan fingerprint density at radius 1 is 1.31 bits per heavy atom. The predicted octanol–water partition coefficient (Wildman–Crippen LogP) is -0.228. The van der Waals surface area contributed by atoms with Gasteiger partial charge in [-0.15, -0.1) is 0 Å². The fraction of sp³-hybridized carbons (Fsp3) is 0.300. The summed E-state index contributed by atoms with van der Waals surface area (Å²) in [5, 5.41) is 2.48. The summed E-state index contributed by atoms with van der Waals surface area (Å²) in [4.78, 5) is 11.1. The average molecular weight is 240 g/mol. The summed E-state index contributed by atoms with van der Waals surface area (Å²) in [5.74, 6) is -0.282. The normalized spacial score (nSPS) is 20.1. The molecule has 1 atom stereocenters. The van der Waals surface area contributed by atoms with Gasteiger partial charge in [-0.05, 0) is 19.1 Å². The van der Waals surface area contributed by atoms with Crippen molar-refractivity contribution in [1.29, 1.82) is 0 Å². The molecular formula is C10H12N2O3S. The van der Waals surface area contributed by atoms with Crippen LogP contribution in [0.2, 0.25) is 0 Å². The molecule has 0 saturated carbocycles. The first kappa shape index (κ1) is 11.1. The van der Waals surface area contributed by atoms with E-state index in [1.165, 1.54) is 12.1 Å². The molecule has 1 fully saturated rings. The second kappa shape index (κ2) is 3.88. The van der Waals surface area contributed by atoms with Gasteiger partial charge in [0.05, 0.1) is 4.90 Å². The Kier molecular flexibility index (Phi) is 2.69. The summed E-state index contributed by atoms with van der Waals surface area (Å²) in [6.45, 7) is 2.23. The summed E-state index contributed by atoms with van der Waals surface area (Å²) in [7, 11) is -3.58. The lowest BCUT2D eigenvalue weighted by Crippen LogP contribution is -2.61. The van der Waals surface area contributed by atoms with E-state index in [4.69, 9.17) is 0 Å². The second-order valence-electron chi connectivity index (χ2n) is 3.73. The minimum Gasteiger partial charge on any atom is -0.353 e. The maximum absolute atomic E-state index is 11.8. The molecule has 1 unspecified atom stereocenters. The highest BCUT2D eigenvalue weighted by Crippen LogP contribution is 2.11. The van der Waals surface area contributed by atoms with Gasteiger partial charge in [0, 0.05) is 6.54 Å². The van der Waals surface area contributed by atoms with Crippen LogP contribution in [0.3, 0.4) is 0 Å². The highest BCUT2D eigenvalue weighted by atomic mass is 32.2. The van der Waals surface area contributed by atoms with Crippen molar-refractivity contribution in [3.05, 3.63) is 29.8 Å². The van der Waals surface area contributed by atoms with Crippen molar-refractivity contribution in [1.82, 2.24) is 10.0 Å². The van der Waals surface area contributed by atoms with Gasteiger partial charge >= 0.3 is 0 Å². The van der Waals surface area contributed by atoms with Crippen LogP contribution in [0.4, 0.5) is 0 Å². The quantitative estimate of drug-likeness (QED) is 0.717. The Labute approximate surface area is 93.9 Å². The van der Waals surface area contributed by atoms with E-state index in [-0.39, 0.29) is 10.8 Å². The Morgan fingerprint density at radius 3 is 2.38 bits per heavy atom. The highest BCUT2D eigenvalue weighted by Gasteiger charge is 2.32. The zero-order chi connectivity index (χ0) is 11.8. The average Bonchev–Trinajstić information content (AvgIpc) is 2.25. The first-order chi connectivity index (χ1) is 7.49. The van der Waals surface area contributed by atoms with Crippen LogP contribution >= 0.6 is 0 Å². The van der Waals surface area contributed by atoms with E-state index < -0.39 is 16.1 Å². The zero-order valence-corrected chi connectivity index (χ0v) is 9.54. The summed E-state index contributed by atoms with van der Waals surface area (Å²) in [6, 6.07) is 5.85. The van der Waals surface area contributed by atoms with Gasteiger partial charge in [0.15, 0.2) is 0 Å². The van der Waals surface area contributed by atoms with Crippen LogP contribution in [0.15, 0.2) is 29.2 Å². The Balaban J connectivity index is 2.18. The number of rotatable bonds is 3. The van der Waals surface area contributed by atoms with Crippen molar-refractivity contribution < 1.29 is 13.2 Å². The van der Waals surface area contributed by atoms with Crippen LogP contribution < -0.4 is 10.0 Å². The van der Waals surface area contributed by atoms with Crippen molar-refractivity contribution >= 4 is 15.9 Å². The third-order valence-corrected chi connectivity index (χ3v) is 3.91. The molecule has 1 amide bonds. The summed E-state index contributed by atoms with van der Waals surface area (Å²) in [6.07, 6.45) is 0. The lowest BCUT2D eigenvalue weighted by molar-refractivity contribution is -0.127. The molecule has 0 bridgehead atoms. The van der Waals surface area contributed by atoms with Gasteiger partial charge in [0.25, 0.3) is 0 Å². The smallest absolute Gasteiger partial charge is 0.241 e. The van der Waals surface area contributed by atoms with Crippen LogP contribution in [-0.2, 0) is 14.8 Å². The molecule has 1 saturated heterocycles. The molecule has 1 aromatic carbocycles. The van der Waals surface area contributed by atoms with Gasteiger partial charge in [0.2, 0.25) is 15.9 Å². The largest absolute Gasteiger partial charge is 0.353 e. The third-order valence-electron chi connectivity index (χ3n) is 2.43. The topological polar surface area (TPSA) is 75.3 Å². The molecule has 6 heteroatoms. The molecule has 0 radical (unpaired) electrons. The maximum atomic E-state index is 11.8. The fourth-order valence-corrected chi connectivity index (χ4v) is 2.55. The van der Waals surface area contributed by atoms with Crippen LogP contribution in [0.25, 0.3) is 0 Å². The number of amides is 1. The van der Waals surface area contributed by atoms with Gasteiger partial charge in [-0.2, -0.15) is 4.72 Å². The summed E-state index contributed by atoms with van der Waals surface area (Å²) >= 11 is 0. The first-order valence-corrected chi connectivity index (χ1v) is 6.34. The molecule has 2 rings (SSSR count). The van der Waals surface area contributed by atoms with Crippen molar-refractivity contribution in [2.45, 2.75) is 17.9 Å². The molecule has 86 valence electrons. The zero-order valence-electron chi connectivity index (χ0n) is 8.73. The fourth-order valence-electron chi connectivity index (χ4n) is 1.36. The first-order valence-electron chi connectivity index (χ1n) is 4.86. The van der Waals surface area contributed by atoms with E-state index in [1.807, 2.05) is 6.92 Å². The lowest BCUT2D eigenvalue weighted by atomic mass is 10.2. The number of carbonyl (C=O) groups excluding carboxylic acids is 1. The molecule has 16 heavy (non-hydrogen) atoms. The minimum atomic E-state index is -3.58. The number of nitrogens with one attached hydrogen (secondary N) is 2. The molecule has 1 aliphatic heterocycles. The monoisotopic (exact) mass is 240 g/mol. The van der Waals surface area contributed by atoms with Gasteiger partial charge in [-0.1, -0.05) is 17.7 Å². The number of carbonyl (C=O) groups is 1. The van der Waals surface area contributed by atoms with E-state index in [2.05, 4.69) is 10.0 Å². The number of sulfonamides is 1. The van der Waals surface area contributed by atoms with Crippen LogP contribution in [0.5, 0.6) is 0 Å². The number of hydrogen-bond acceptors (Lipinski definition) is 3. The molecule has 1 heterocycles. The maximum Gasteiger partial charge on any atom is 0.241 e. The summed E-state index contributed by atoms with van der Waals surface area (Å²) < 4.78 is 25.9. The molecule has 1 aromatic rings. The van der Waals surface area contributed by atoms with Crippen LogP contribution in [0.1, 0.15) is 5.56 Å². The number of hydrogen-bond donors (Lipinski definition) is 2. The number of benzene rings is 1. The van der Waals surface area contributed by atoms with Crippen molar-refractivity contribution in [2.75, 3.05) is 6.54 Å². The van der Waals surface area contributed by atoms with E-state index in [0.29, 0.717) is 6.54 Å². The molecule has 0 spiro atoms. The van der Waals surface area contributed by atoms with Gasteiger partial charge < -0.3 is 5.32 Å². The Morgan fingerprint density at radius 2 is 1.94 bits per heavy atom. The standard InChI is InChI=1S/C10H12N2O3S/c1-7-2-4-8(5-3-7)16(14,15)12-9-6-11-10(9)13/h2-5,9,12H,6H2,1H3,(H,11,13). The van der Waals surface area contributed by atoms with E-state index >= 15 is 0 Å². The van der Waals surface area contributed by atoms with Crippen molar-refractivity contribution in [3.63, 3.8) is 0 Å². The van der Waals surface area contributed by atoms with Gasteiger partial charge in [0.1, 0.15) is 6.04 Å². The van der Waals surface area contributed by atoms with Gasteiger partial charge in [-0.25, -0.2) is 8.42 Å². The third kappa shape index (κ3) is 2.07. The summed E-state index contributed by atoms with van der Waals surface area (Å²) in [5.41, 5.74) is 0.986. The van der Waals surface area contributed by atoms with Crippen LogP contribution in [0, 0.1) is 6.92 Å². The predicted molar refractivity (Wildman–Crippen MR) is 58.3 cm³/mol. The van der Waals surface area contributed by atoms with E-state index in [9.17, 15) is 13.2 Å².